The molecule has 2 N–H and O–H groups in total. The normalized spacial score (nSPS) is 10.5. The second kappa shape index (κ2) is 7.60. The lowest BCUT2D eigenvalue weighted by atomic mass is 10.1. The number of furan rings is 1. The van der Waals surface area contributed by atoms with Gasteiger partial charge in [0.2, 0.25) is 5.95 Å². The number of nitrogens with zero attached hydrogens (tertiary/aromatic N) is 3. The van der Waals surface area contributed by atoms with Gasteiger partial charge in [-0.2, -0.15) is 10.1 Å². The van der Waals surface area contributed by atoms with Crippen LogP contribution in [0.5, 0.6) is 0 Å². The molecule has 0 radical (unpaired) electrons. The van der Waals surface area contributed by atoms with E-state index in [-0.39, 0.29) is 0 Å². The molecule has 2 heterocycles. The third kappa shape index (κ3) is 4.69. The number of benzene rings is 1. The van der Waals surface area contributed by atoms with E-state index in [1.54, 1.807) is 12.5 Å². The van der Waals surface area contributed by atoms with E-state index >= 15 is 0 Å². The van der Waals surface area contributed by atoms with E-state index in [0.29, 0.717) is 24.9 Å². The van der Waals surface area contributed by atoms with Crippen LogP contribution in [0.15, 0.2) is 53.3 Å². The molecule has 0 saturated heterocycles. The number of rotatable bonds is 7. The first-order valence-electron chi connectivity index (χ1n) is 7.24. The molecule has 118 valence electrons. The molecule has 0 bridgehead atoms. The summed E-state index contributed by atoms with van der Waals surface area (Å²) in [6.07, 6.45) is 4.07. The first-order valence-corrected chi connectivity index (χ1v) is 7.62. The third-order valence-corrected chi connectivity index (χ3v) is 3.44. The van der Waals surface area contributed by atoms with Gasteiger partial charge in [0.05, 0.1) is 19.0 Å². The highest BCUT2D eigenvalue weighted by Gasteiger charge is 2.02. The van der Waals surface area contributed by atoms with Gasteiger partial charge in [0.15, 0.2) is 5.82 Å². The Morgan fingerprint density at radius 1 is 1.09 bits per heavy atom. The smallest absolute Gasteiger partial charge is 0.244 e. The van der Waals surface area contributed by atoms with Crippen molar-refractivity contribution in [1.82, 2.24) is 15.2 Å². The SMILES string of the molecule is Clc1ccc(CCNc2nncc(NCc3ccco3)n2)cc1. The quantitative estimate of drug-likeness (QED) is 0.692. The maximum absolute atomic E-state index is 5.87. The van der Waals surface area contributed by atoms with Crippen molar-refractivity contribution in [3.05, 3.63) is 65.2 Å². The van der Waals surface area contributed by atoms with Crippen molar-refractivity contribution in [3.63, 3.8) is 0 Å². The summed E-state index contributed by atoms with van der Waals surface area (Å²) in [6, 6.07) is 11.5. The largest absolute Gasteiger partial charge is 0.467 e. The Bertz CT molecular complexity index is 730. The summed E-state index contributed by atoms with van der Waals surface area (Å²) in [7, 11) is 0. The van der Waals surface area contributed by atoms with Gasteiger partial charge in [-0.1, -0.05) is 23.7 Å². The number of anilines is 2. The maximum atomic E-state index is 5.87. The predicted octanol–water partition coefficient (Wildman–Crippen LogP) is 3.38. The molecule has 23 heavy (non-hydrogen) atoms. The van der Waals surface area contributed by atoms with Crippen LogP contribution in [0.4, 0.5) is 11.8 Å². The van der Waals surface area contributed by atoms with Crippen molar-refractivity contribution < 1.29 is 4.42 Å². The molecule has 0 unspecified atom stereocenters. The lowest BCUT2D eigenvalue weighted by molar-refractivity contribution is 0.517. The molecular weight excluding hydrogens is 314 g/mol. The fourth-order valence-electron chi connectivity index (χ4n) is 2.02. The average molecular weight is 330 g/mol. The van der Waals surface area contributed by atoms with Crippen molar-refractivity contribution in [2.75, 3.05) is 17.2 Å². The zero-order valence-electron chi connectivity index (χ0n) is 12.4. The Balaban J connectivity index is 1.50. The molecule has 0 saturated carbocycles. The van der Waals surface area contributed by atoms with Gasteiger partial charge in [-0.3, -0.25) is 0 Å². The predicted molar refractivity (Wildman–Crippen MR) is 89.5 cm³/mol. The van der Waals surface area contributed by atoms with Crippen molar-refractivity contribution >= 4 is 23.4 Å². The van der Waals surface area contributed by atoms with Crippen LogP contribution in [-0.2, 0) is 13.0 Å². The lowest BCUT2D eigenvalue weighted by Gasteiger charge is -2.07. The van der Waals surface area contributed by atoms with Gasteiger partial charge in [-0.05, 0) is 36.2 Å². The zero-order valence-corrected chi connectivity index (χ0v) is 13.1. The minimum Gasteiger partial charge on any atom is -0.467 e. The minimum absolute atomic E-state index is 0.489. The van der Waals surface area contributed by atoms with E-state index in [9.17, 15) is 0 Å². The summed E-state index contributed by atoms with van der Waals surface area (Å²) in [5.74, 6) is 1.97. The van der Waals surface area contributed by atoms with Crippen molar-refractivity contribution in [3.8, 4) is 0 Å². The van der Waals surface area contributed by atoms with Crippen molar-refractivity contribution in [2.45, 2.75) is 13.0 Å². The summed E-state index contributed by atoms with van der Waals surface area (Å²) in [5.41, 5.74) is 1.20. The number of hydrogen-bond acceptors (Lipinski definition) is 6. The topological polar surface area (TPSA) is 75.9 Å². The second-order valence-electron chi connectivity index (χ2n) is 4.90. The first kappa shape index (κ1) is 15.3. The molecule has 7 heteroatoms. The fraction of sp³-hybridized carbons (Fsp3) is 0.188. The highest BCUT2D eigenvalue weighted by atomic mass is 35.5. The molecule has 0 spiro atoms. The van der Waals surface area contributed by atoms with E-state index in [4.69, 9.17) is 16.0 Å². The van der Waals surface area contributed by atoms with Crippen LogP contribution < -0.4 is 10.6 Å². The Morgan fingerprint density at radius 2 is 1.96 bits per heavy atom. The Hall–Kier alpha value is -2.60. The van der Waals surface area contributed by atoms with Crippen molar-refractivity contribution in [2.24, 2.45) is 0 Å². The molecule has 6 nitrogen and oxygen atoms in total. The molecule has 0 amide bonds. The van der Waals surface area contributed by atoms with E-state index in [1.807, 2.05) is 36.4 Å². The van der Waals surface area contributed by atoms with Gasteiger partial charge in [0.25, 0.3) is 0 Å². The number of halogens is 1. The number of nitrogens with one attached hydrogen (secondary N) is 2. The second-order valence-corrected chi connectivity index (χ2v) is 5.34. The summed E-state index contributed by atoms with van der Waals surface area (Å²) < 4.78 is 5.26. The van der Waals surface area contributed by atoms with Crippen LogP contribution in [-0.4, -0.2) is 21.7 Å². The number of hydrogen-bond donors (Lipinski definition) is 2. The van der Waals surface area contributed by atoms with Gasteiger partial charge >= 0.3 is 0 Å². The molecular formula is C16H16ClN5O. The highest BCUT2D eigenvalue weighted by molar-refractivity contribution is 6.30. The fourth-order valence-corrected chi connectivity index (χ4v) is 2.15. The molecule has 1 aromatic carbocycles. The Labute approximate surface area is 138 Å². The number of aromatic nitrogens is 3. The third-order valence-electron chi connectivity index (χ3n) is 3.19. The van der Waals surface area contributed by atoms with Crippen LogP contribution in [0, 0.1) is 0 Å². The van der Waals surface area contributed by atoms with E-state index in [2.05, 4.69) is 25.8 Å². The Morgan fingerprint density at radius 3 is 2.74 bits per heavy atom. The first-order chi connectivity index (χ1) is 11.3. The summed E-state index contributed by atoms with van der Waals surface area (Å²) in [5, 5.41) is 14.9. The molecule has 2 aromatic heterocycles. The molecule has 0 aliphatic carbocycles. The van der Waals surface area contributed by atoms with Gasteiger partial charge in [-0.15, -0.1) is 5.10 Å². The zero-order chi connectivity index (χ0) is 15.9. The van der Waals surface area contributed by atoms with Crippen LogP contribution in [0.25, 0.3) is 0 Å². The summed E-state index contributed by atoms with van der Waals surface area (Å²) in [6.45, 7) is 1.26. The molecule has 0 aliphatic heterocycles. The van der Waals surface area contributed by atoms with Gasteiger partial charge < -0.3 is 15.1 Å². The van der Waals surface area contributed by atoms with Gasteiger partial charge in [0, 0.05) is 11.6 Å². The molecule has 0 fully saturated rings. The van der Waals surface area contributed by atoms with E-state index < -0.39 is 0 Å². The lowest BCUT2D eigenvalue weighted by Crippen LogP contribution is -2.10. The standard InChI is InChI=1S/C16H16ClN5O/c17-13-5-3-12(4-6-13)7-8-18-16-21-15(11-20-22-16)19-10-14-2-1-9-23-14/h1-6,9,11H,7-8,10H2,(H2,18,19,21,22). The summed E-state index contributed by atoms with van der Waals surface area (Å²) >= 11 is 5.87. The van der Waals surface area contributed by atoms with Gasteiger partial charge in [0.1, 0.15) is 5.76 Å². The van der Waals surface area contributed by atoms with Crippen molar-refractivity contribution in [1.29, 1.82) is 0 Å². The van der Waals surface area contributed by atoms with Gasteiger partial charge in [-0.25, -0.2) is 0 Å². The summed E-state index contributed by atoms with van der Waals surface area (Å²) in [4.78, 5) is 4.36. The molecule has 3 rings (SSSR count). The van der Waals surface area contributed by atoms with Crippen LogP contribution >= 0.6 is 11.6 Å². The Kier molecular flexibility index (Phi) is 5.06. The molecule has 0 aliphatic rings. The molecule has 3 aromatic rings. The minimum atomic E-state index is 0.489. The van der Waals surface area contributed by atoms with Crippen LogP contribution in [0.1, 0.15) is 11.3 Å². The average Bonchev–Trinajstić information content (AvgIpc) is 3.09. The highest BCUT2D eigenvalue weighted by Crippen LogP contribution is 2.10. The van der Waals surface area contributed by atoms with Crippen LogP contribution in [0.3, 0.4) is 0 Å². The van der Waals surface area contributed by atoms with E-state index in [1.165, 1.54) is 5.56 Å². The molecule has 0 atom stereocenters. The van der Waals surface area contributed by atoms with Crippen LogP contribution in [0.2, 0.25) is 5.02 Å². The monoisotopic (exact) mass is 329 g/mol. The van der Waals surface area contributed by atoms with E-state index in [0.717, 1.165) is 17.2 Å². The maximum Gasteiger partial charge on any atom is 0.244 e.